The number of benzene rings is 2. The zero-order valence-electron chi connectivity index (χ0n) is 12.5. The normalized spacial score (nSPS) is 15.8. The van der Waals surface area contributed by atoms with Crippen molar-refractivity contribution >= 4 is 16.7 Å². The minimum Gasteiger partial charge on any atom is -0.298 e. The first-order valence-electron chi connectivity index (χ1n) is 7.58. The number of hydrogen-bond acceptors (Lipinski definition) is 3. The highest BCUT2D eigenvalue weighted by Gasteiger charge is 2.15. The molecule has 4 heteroatoms. The molecule has 1 fully saturated rings. The van der Waals surface area contributed by atoms with E-state index in [2.05, 4.69) is 47.4 Å². The second-order valence-electron chi connectivity index (χ2n) is 5.74. The molecular weight excluding hydrogens is 276 g/mol. The van der Waals surface area contributed by atoms with Gasteiger partial charge in [-0.3, -0.25) is 14.9 Å². The van der Waals surface area contributed by atoms with Crippen molar-refractivity contribution < 1.29 is 10.0 Å². The minimum atomic E-state index is -0.432. The maximum absolute atomic E-state index is 11.1. The highest BCUT2D eigenvalue weighted by atomic mass is 16.5. The lowest BCUT2D eigenvalue weighted by atomic mass is 10.0. The van der Waals surface area contributed by atoms with E-state index in [9.17, 15) is 4.79 Å². The number of nitrogens with zero attached hydrogens (tertiary/aromatic N) is 1. The van der Waals surface area contributed by atoms with Crippen LogP contribution in [0.25, 0.3) is 10.8 Å². The molecule has 2 N–H and O–H groups in total. The van der Waals surface area contributed by atoms with Crippen LogP contribution < -0.4 is 5.48 Å². The summed E-state index contributed by atoms with van der Waals surface area (Å²) in [4.78, 5) is 13.5. The first kappa shape index (κ1) is 14.8. The third-order valence-corrected chi connectivity index (χ3v) is 4.16. The smallest absolute Gasteiger partial charge is 0.267 e. The maximum Gasteiger partial charge on any atom is 0.267 e. The topological polar surface area (TPSA) is 52.6 Å². The molecular formula is C18H20N2O2. The van der Waals surface area contributed by atoms with Gasteiger partial charge in [0.15, 0.2) is 0 Å². The molecule has 0 radical (unpaired) electrons. The molecule has 1 amide bonds. The Morgan fingerprint density at radius 3 is 2.59 bits per heavy atom. The van der Waals surface area contributed by atoms with E-state index in [0.29, 0.717) is 0 Å². The second-order valence-corrected chi connectivity index (χ2v) is 5.74. The van der Waals surface area contributed by atoms with Gasteiger partial charge in [-0.25, -0.2) is 5.48 Å². The number of nitrogens with one attached hydrogen (secondary N) is 1. The van der Waals surface area contributed by atoms with E-state index < -0.39 is 5.91 Å². The zero-order chi connectivity index (χ0) is 15.4. The fraction of sp³-hybridized carbons (Fsp3) is 0.278. The molecule has 0 aromatic heterocycles. The Morgan fingerprint density at radius 2 is 1.86 bits per heavy atom. The maximum atomic E-state index is 11.1. The Hall–Kier alpha value is -2.17. The Kier molecular flexibility index (Phi) is 4.51. The lowest BCUT2D eigenvalue weighted by molar-refractivity contribution is -0.124. The van der Waals surface area contributed by atoms with Crippen molar-refractivity contribution in [3.63, 3.8) is 0 Å². The molecule has 0 saturated carbocycles. The van der Waals surface area contributed by atoms with Crippen LogP contribution >= 0.6 is 0 Å². The van der Waals surface area contributed by atoms with Crippen LogP contribution in [0.1, 0.15) is 18.4 Å². The SMILES string of the molecule is O=C(C=C1CCN(Cc2ccc3ccccc3c2)CC1)NO. The molecule has 0 atom stereocenters. The van der Waals surface area contributed by atoms with Crippen molar-refractivity contribution in [2.45, 2.75) is 19.4 Å². The van der Waals surface area contributed by atoms with Crippen LogP contribution in [0.5, 0.6) is 0 Å². The van der Waals surface area contributed by atoms with Gasteiger partial charge in [0.05, 0.1) is 0 Å². The van der Waals surface area contributed by atoms with Gasteiger partial charge in [-0.05, 0) is 35.2 Å². The summed E-state index contributed by atoms with van der Waals surface area (Å²) >= 11 is 0. The van der Waals surface area contributed by atoms with E-state index in [1.54, 1.807) is 5.48 Å². The molecule has 1 aliphatic rings. The van der Waals surface area contributed by atoms with Crippen molar-refractivity contribution in [3.05, 3.63) is 59.7 Å². The van der Waals surface area contributed by atoms with E-state index in [4.69, 9.17) is 5.21 Å². The predicted octanol–water partition coefficient (Wildman–Crippen LogP) is 2.87. The van der Waals surface area contributed by atoms with E-state index in [1.165, 1.54) is 22.4 Å². The highest BCUT2D eigenvalue weighted by molar-refractivity contribution is 5.87. The van der Waals surface area contributed by atoms with Gasteiger partial charge < -0.3 is 0 Å². The van der Waals surface area contributed by atoms with Crippen LogP contribution in [-0.2, 0) is 11.3 Å². The Morgan fingerprint density at radius 1 is 1.14 bits per heavy atom. The van der Waals surface area contributed by atoms with Gasteiger partial charge in [0, 0.05) is 25.7 Å². The molecule has 0 spiro atoms. The standard InChI is InChI=1S/C18H20N2O2/c21-18(19-22)12-14-7-9-20(10-8-14)13-15-5-6-16-3-1-2-4-17(16)11-15/h1-6,11-12,22H,7-10,13H2,(H,19,21). The van der Waals surface area contributed by atoms with E-state index in [1.807, 2.05) is 0 Å². The number of carbonyl (C=O) groups is 1. The third-order valence-electron chi connectivity index (χ3n) is 4.16. The largest absolute Gasteiger partial charge is 0.298 e. The number of piperidine rings is 1. The lowest BCUT2D eigenvalue weighted by Crippen LogP contribution is -2.30. The molecule has 22 heavy (non-hydrogen) atoms. The van der Waals surface area contributed by atoms with Crippen LogP contribution in [-0.4, -0.2) is 29.1 Å². The van der Waals surface area contributed by atoms with Crippen LogP contribution in [0, 0.1) is 0 Å². The molecule has 1 aliphatic heterocycles. The van der Waals surface area contributed by atoms with Crippen LogP contribution in [0.2, 0.25) is 0 Å². The first-order chi connectivity index (χ1) is 10.7. The number of amides is 1. The van der Waals surface area contributed by atoms with Crippen molar-refractivity contribution in [1.82, 2.24) is 10.4 Å². The van der Waals surface area contributed by atoms with Gasteiger partial charge >= 0.3 is 0 Å². The van der Waals surface area contributed by atoms with Gasteiger partial charge in [-0.15, -0.1) is 0 Å². The third kappa shape index (κ3) is 3.53. The Balaban J connectivity index is 1.62. The summed E-state index contributed by atoms with van der Waals surface area (Å²) < 4.78 is 0. The number of rotatable bonds is 3. The number of fused-ring (bicyclic) bond motifs is 1. The highest BCUT2D eigenvalue weighted by Crippen LogP contribution is 2.20. The summed E-state index contributed by atoms with van der Waals surface area (Å²) in [6.07, 6.45) is 3.26. The number of likely N-dealkylation sites (tertiary alicyclic amines) is 1. The molecule has 3 rings (SSSR count). The van der Waals surface area contributed by atoms with Gasteiger partial charge in [0.2, 0.25) is 0 Å². The second kappa shape index (κ2) is 6.73. The van der Waals surface area contributed by atoms with E-state index in [0.717, 1.165) is 38.0 Å². The van der Waals surface area contributed by atoms with Gasteiger partial charge in [0.1, 0.15) is 0 Å². The van der Waals surface area contributed by atoms with Crippen molar-refractivity contribution in [1.29, 1.82) is 0 Å². The minimum absolute atomic E-state index is 0.432. The molecule has 4 nitrogen and oxygen atoms in total. The van der Waals surface area contributed by atoms with Crippen LogP contribution in [0.4, 0.5) is 0 Å². The molecule has 0 unspecified atom stereocenters. The summed E-state index contributed by atoms with van der Waals surface area (Å²) in [5.41, 5.74) is 4.07. The fourth-order valence-electron chi connectivity index (χ4n) is 2.96. The molecule has 1 saturated heterocycles. The molecule has 1 heterocycles. The molecule has 0 bridgehead atoms. The fourth-order valence-corrected chi connectivity index (χ4v) is 2.96. The summed E-state index contributed by atoms with van der Waals surface area (Å²) in [5.74, 6) is -0.432. The Labute approximate surface area is 130 Å². The monoisotopic (exact) mass is 296 g/mol. The van der Waals surface area contributed by atoms with E-state index >= 15 is 0 Å². The van der Waals surface area contributed by atoms with Gasteiger partial charge in [-0.2, -0.15) is 0 Å². The van der Waals surface area contributed by atoms with Crippen molar-refractivity contribution in [2.24, 2.45) is 0 Å². The molecule has 2 aromatic rings. The first-order valence-corrected chi connectivity index (χ1v) is 7.58. The summed E-state index contributed by atoms with van der Waals surface area (Å²) in [6.45, 7) is 2.82. The summed E-state index contributed by atoms with van der Waals surface area (Å²) in [6, 6.07) is 15.0. The summed E-state index contributed by atoms with van der Waals surface area (Å²) in [5, 5.41) is 11.1. The summed E-state index contributed by atoms with van der Waals surface area (Å²) in [7, 11) is 0. The van der Waals surface area contributed by atoms with Crippen molar-refractivity contribution in [2.75, 3.05) is 13.1 Å². The molecule has 0 aliphatic carbocycles. The number of carbonyl (C=O) groups excluding carboxylic acids is 1. The van der Waals surface area contributed by atoms with Gasteiger partial charge in [0.25, 0.3) is 5.91 Å². The Bertz CT molecular complexity index is 699. The lowest BCUT2D eigenvalue weighted by Gasteiger charge is -2.28. The number of hydrogen-bond donors (Lipinski definition) is 2. The average molecular weight is 296 g/mol. The van der Waals surface area contributed by atoms with Crippen molar-refractivity contribution in [3.8, 4) is 0 Å². The number of hydroxylamine groups is 1. The van der Waals surface area contributed by atoms with Gasteiger partial charge in [-0.1, -0.05) is 42.0 Å². The molecule has 114 valence electrons. The van der Waals surface area contributed by atoms with Crippen LogP contribution in [0.15, 0.2) is 54.1 Å². The van der Waals surface area contributed by atoms with E-state index in [-0.39, 0.29) is 0 Å². The average Bonchev–Trinajstić information content (AvgIpc) is 2.56. The quantitative estimate of drug-likeness (QED) is 0.520. The zero-order valence-corrected chi connectivity index (χ0v) is 12.5. The van der Waals surface area contributed by atoms with Crippen LogP contribution in [0.3, 0.4) is 0 Å². The molecule has 2 aromatic carbocycles. The predicted molar refractivity (Wildman–Crippen MR) is 86.5 cm³/mol.